The summed E-state index contributed by atoms with van der Waals surface area (Å²) in [5, 5.41) is 1.24. The minimum Gasteiger partial charge on any atom is -0.267 e. The molecule has 4 nitrogen and oxygen atoms in total. The van der Waals surface area contributed by atoms with Crippen LogP contribution in [0.1, 0.15) is 0 Å². The Kier molecular flexibility index (Phi) is 2.38. The zero-order chi connectivity index (χ0) is 11.7. The molecule has 3 aromatic rings. The van der Waals surface area contributed by atoms with E-state index in [9.17, 15) is 4.79 Å². The van der Waals surface area contributed by atoms with E-state index in [0.717, 1.165) is 4.70 Å². The summed E-state index contributed by atoms with van der Waals surface area (Å²) >= 11 is 1.44. The molecule has 0 saturated heterocycles. The maximum absolute atomic E-state index is 11.8. The largest absolute Gasteiger partial charge is 0.279 e. The summed E-state index contributed by atoms with van der Waals surface area (Å²) in [4.78, 5) is 24.0. The van der Waals surface area contributed by atoms with Crippen molar-refractivity contribution in [1.29, 1.82) is 0 Å². The van der Waals surface area contributed by atoms with Gasteiger partial charge in [-0.05, 0) is 12.1 Å². The lowest BCUT2D eigenvalue weighted by molar-refractivity contribution is 1.18. The van der Waals surface area contributed by atoms with Crippen LogP contribution in [0.4, 0.5) is 0 Å². The van der Waals surface area contributed by atoms with Gasteiger partial charge in [0.2, 0.25) is 0 Å². The van der Waals surface area contributed by atoms with E-state index >= 15 is 0 Å². The summed E-state index contributed by atoms with van der Waals surface area (Å²) in [6.07, 6.45) is 4.78. The molecule has 0 amide bonds. The molecule has 0 spiro atoms. The standard InChI is InChI=1S/C12H7N3OS/c16-11-8-3-1-2-4-10(8)17-12(15-11)9-7-13-5-6-14-9/h1-7H. The first kappa shape index (κ1) is 10.0. The van der Waals surface area contributed by atoms with Crippen LogP contribution in [0.25, 0.3) is 20.8 Å². The number of fused-ring (bicyclic) bond motifs is 1. The lowest BCUT2D eigenvalue weighted by Gasteiger charge is -1.99. The number of rotatable bonds is 1. The molecule has 0 bridgehead atoms. The molecule has 17 heavy (non-hydrogen) atoms. The maximum Gasteiger partial charge on any atom is 0.279 e. The first-order chi connectivity index (χ1) is 8.34. The normalized spacial score (nSPS) is 10.6. The van der Waals surface area contributed by atoms with Gasteiger partial charge < -0.3 is 0 Å². The zero-order valence-electron chi connectivity index (χ0n) is 8.70. The number of nitrogens with zero attached hydrogens (tertiary/aromatic N) is 3. The van der Waals surface area contributed by atoms with Crippen molar-refractivity contribution in [3.8, 4) is 10.7 Å². The van der Waals surface area contributed by atoms with E-state index in [1.807, 2.05) is 18.2 Å². The van der Waals surface area contributed by atoms with Crippen molar-refractivity contribution in [3.63, 3.8) is 0 Å². The van der Waals surface area contributed by atoms with Crippen molar-refractivity contribution in [3.05, 3.63) is 53.2 Å². The highest BCUT2D eigenvalue weighted by Gasteiger charge is 2.06. The van der Waals surface area contributed by atoms with Crippen molar-refractivity contribution in [2.45, 2.75) is 0 Å². The Labute approximate surface area is 101 Å². The Morgan fingerprint density at radius 2 is 2.00 bits per heavy atom. The highest BCUT2D eigenvalue weighted by Crippen LogP contribution is 2.23. The van der Waals surface area contributed by atoms with Gasteiger partial charge in [-0.3, -0.25) is 14.8 Å². The topological polar surface area (TPSA) is 55.7 Å². The molecule has 0 atom stereocenters. The molecule has 0 saturated carbocycles. The van der Waals surface area contributed by atoms with Gasteiger partial charge in [0.25, 0.3) is 5.56 Å². The van der Waals surface area contributed by atoms with Crippen LogP contribution >= 0.6 is 11.3 Å². The fraction of sp³-hybridized carbons (Fsp3) is 0. The van der Waals surface area contributed by atoms with Gasteiger partial charge in [-0.25, -0.2) is 0 Å². The lowest BCUT2D eigenvalue weighted by Crippen LogP contribution is -2.06. The van der Waals surface area contributed by atoms with Crippen molar-refractivity contribution in [2.24, 2.45) is 0 Å². The van der Waals surface area contributed by atoms with Gasteiger partial charge in [0.1, 0.15) is 10.7 Å². The number of hydrogen-bond acceptors (Lipinski definition) is 5. The lowest BCUT2D eigenvalue weighted by atomic mass is 10.3. The van der Waals surface area contributed by atoms with Gasteiger partial charge in [-0.1, -0.05) is 12.1 Å². The van der Waals surface area contributed by atoms with Crippen LogP contribution in [0.3, 0.4) is 0 Å². The maximum atomic E-state index is 11.8. The molecular formula is C12H7N3OS. The summed E-state index contributed by atoms with van der Waals surface area (Å²) in [6, 6.07) is 7.42. The van der Waals surface area contributed by atoms with Crippen LogP contribution in [0.15, 0.2) is 47.7 Å². The van der Waals surface area contributed by atoms with Gasteiger partial charge in [0.05, 0.1) is 11.6 Å². The Morgan fingerprint density at radius 3 is 2.82 bits per heavy atom. The molecule has 0 N–H and O–H groups in total. The third-order valence-corrected chi connectivity index (χ3v) is 3.38. The smallest absolute Gasteiger partial charge is 0.267 e. The second kappa shape index (κ2) is 4.03. The predicted octanol–water partition coefficient (Wildman–Crippen LogP) is 2.11. The third kappa shape index (κ3) is 1.81. The fourth-order valence-corrected chi connectivity index (χ4v) is 2.49. The monoisotopic (exact) mass is 241 g/mol. The van der Waals surface area contributed by atoms with Gasteiger partial charge in [-0.15, -0.1) is 11.3 Å². The summed E-state index contributed by atoms with van der Waals surface area (Å²) in [7, 11) is 0. The molecule has 0 fully saturated rings. The first-order valence-electron chi connectivity index (χ1n) is 5.01. The van der Waals surface area contributed by atoms with Gasteiger partial charge in [0.15, 0.2) is 0 Å². The van der Waals surface area contributed by atoms with Crippen LogP contribution < -0.4 is 5.56 Å². The number of hydrogen-bond donors (Lipinski definition) is 0. The highest BCUT2D eigenvalue weighted by atomic mass is 32.1. The predicted molar refractivity (Wildman–Crippen MR) is 66.9 cm³/mol. The average Bonchev–Trinajstić information content (AvgIpc) is 2.40. The summed E-state index contributed by atoms with van der Waals surface area (Å²) < 4.78 is 0.910. The molecule has 0 unspecified atom stereocenters. The molecule has 5 heteroatoms. The van der Waals surface area contributed by atoms with Gasteiger partial charge in [-0.2, -0.15) is 4.98 Å². The molecule has 82 valence electrons. The van der Waals surface area contributed by atoms with Crippen molar-refractivity contribution in [2.75, 3.05) is 0 Å². The number of aromatic nitrogens is 3. The van der Waals surface area contributed by atoms with Crippen molar-refractivity contribution in [1.82, 2.24) is 15.0 Å². The summed E-state index contributed by atoms with van der Waals surface area (Å²) in [6.45, 7) is 0. The van der Waals surface area contributed by atoms with E-state index in [1.54, 1.807) is 24.7 Å². The highest BCUT2D eigenvalue weighted by molar-refractivity contribution is 7.21. The van der Waals surface area contributed by atoms with E-state index in [2.05, 4.69) is 15.0 Å². The molecule has 3 rings (SSSR count). The zero-order valence-corrected chi connectivity index (χ0v) is 9.52. The quantitative estimate of drug-likeness (QED) is 0.654. The Balaban J connectivity index is 2.30. The summed E-state index contributed by atoms with van der Waals surface area (Å²) in [5.41, 5.74) is 0.403. The van der Waals surface area contributed by atoms with Crippen molar-refractivity contribution < 1.29 is 0 Å². The van der Waals surface area contributed by atoms with E-state index in [1.165, 1.54) is 11.3 Å². The minimum absolute atomic E-state index is 0.222. The molecule has 2 aromatic heterocycles. The second-order valence-corrected chi connectivity index (χ2v) is 4.44. The third-order valence-electron chi connectivity index (χ3n) is 2.31. The van der Waals surface area contributed by atoms with Gasteiger partial charge >= 0.3 is 0 Å². The fourth-order valence-electron chi connectivity index (χ4n) is 1.53. The Bertz CT molecular complexity index is 724. The van der Waals surface area contributed by atoms with E-state index < -0.39 is 0 Å². The molecule has 0 radical (unpaired) electrons. The SMILES string of the molecule is O=c1nc(-c2cnccn2)sc2ccccc12. The Hall–Kier alpha value is -2.14. The van der Waals surface area contributed by atoms with E-state index in [4.69, 9.17) is 0 Å². The Morgan fingerprint density at radius 1 is 1.12 bits per heavy atom. The van der Waals surface area contributed by atoms with Crippen LogP contribution in [0, 0.1) is 0 Å². The van der Waals surface area contributed by atoms with Crippen LogP contribution in [-0.4, -0.2) is 15.0 Å². The second-order valence-electron chi connectivity index (χ2n) is 3.41. The van der Waals surface area contributed by atoms with Crippen LogP contribution in [0.5, 0.6) is 0 Å². The summed E-state index contributed by atoms with van der Waals surface area (Å²) in [5.74, 6) is 0. The molecule has 0 aliphatic rings. The molecule has 2 heterocycles. The molecule has 1 aromatic carbocycles. The number of benzene rings is 1. The van der Waals surface area contributed by atoms with Crippen molar-refractivity contribution >= 4 is 21.4 Å². The molecular weight excluding hydrogens is 234 g/mol. The van der Waals surface area contributed by atoms with Gasteiger partial charge in [0, 0.05) is 17.1 Å². The van der Waals surface area contributed by atoms with Crippen LogP contribution in [-0.2, 0) is 0 Å². The van der Waals surface area contributed by atoms with E-state index in [-0.39, 0.29) is 5.56 Å². The average molecular weight is 241 g/mol. The molecule has 0 aliphatic heterocycles. The van der Waals surface area contributed by atoms with E-state index in [0.29, 0.717) is 16.1 Å². The first-order valence-corrected chi connectivity index (χ1v) is 5.82. The van der Waals surface area contributed by atoms with Crippen LogP contribution in [0.2, 0.25) is 0 Å². The molecule has 0 aliphatic carbocycles. The minimum atomic E-state index is -0.222.